The Morgan fingerprint density at radius 3 is 2.61 bits per heavy atom. The van der Waals surface area contributed by atoms with E-state index in [-0.39, 0.29) is 11.8 Å². The van der Waals surface area contributed by atoms with Gasteiger partial charge in [0.2, 0.25) is 0 Å². The number of benzene rings is 1. The lowest BCUT2D eigenvalue weighted by atomic mass is 9.96. The van der Waals surface area contributed by atoms with Crippen LogP contribution in [0.3, 0.4) is 0 Å². The van der Waals surface area contributed by atoms with Gasteiger partial charge in [-0.05, 0) is 38.0 Å². The molecule has 0 radical (unpaired) electrons. The summed E-state index contributed by atoms with van der Waals surface area (Å²) in [7, 11) is 0. The Bertz CT molecular complexity index is 777. The Morgan fingerprint density at radius 2 is 1.96 bits per heavy atom. The molecule has 0 bridgehead atoms. The summed E-state index contributed by atoms with van der Waals surface area (Å²) in [6.07, 6.45) is 0.912. The molecule has 1 aromatic carbocycles. The predicted molar refractivity (Wildman–Crippen MR) is 82.7 cm³/mol. The number of carboxylic acids is 1. The molecule has 2 heterocycles. The fourth-order valence-corrected chi connectivity index (χ4v) is 3.01. The third-order valence-electron chi connectivity index (χ3n) is 4.26. The van der Waals surface area contributed by atoms with E-state index in [2.05, 4.69) is 4.98 Å². The first-order valence-corrected chi connectivity index (χ1v) is 7.54. The van der Waals surface area contributed by atoms with Crippen molar-refractivity contribution in [1.29, 1.82) is 0 Å². The molecular weight excluding hydrogens is 299 g/mol. The zero-order valence-electron chi connectivity index (χ0n) is 12.8. The fraction of sp³-hybridized carbons (Fsp3) is 0.353. The van der Waals surface area contributed by atoms with E-state index >= 15 is 0 Å². The first kappa shape index (κ1) is 15.4. The normalized spacial score (nSPS) is 15.8. The van der Waals surface area contributed by atoms with Crippen LogP contribution in [-0.4, -0.2) is 40.0 Å². The van der Waals surface area contributed by atoms with Gasteiger partial charge in [-0.25, -0.2) is 4.39 Å². The van der Waals surface area contributed by atoms with Gasteiger partial charge in [-0.1, -0.05) is 0 Å². The number of aliphatic carboxylic acids is 1. The number of likely N-dealkylation sites (tertiary alicyclic amines) is 1. The zero-order chi connectivity index (χ0) is 16.6. The number of fused-ring (bicyclic) bond motifs is 1. The molecule has 0 saturated carbocycles. The largest absolute Gasteiger partial charge is 0.481 e. The average Bonchev–Trinajstić information content (AvgIpc) is 2.53. The number of carbonyl (C=O) groups is 2. The summed E-state index contributed by atoms with van der Waals surface area (Å²) < 4.78 is 13.4. The van der Waals surface area contributed by atoms with Gasteiger partial charge >= 0.3 is 5.97 Å². The van der Waals surface area contributed by atoms with Crippen molar-refractivity contribution in [3.8, 4) is 0 Å². The Balaban J connectivity index is 1.91. The minimum atomic E-state index is -0.808. The van der Waals surface area contributed by atoms with Crippen LogP contribution in [0.1, 0.15) is 28.9 Å². The second-order valence-corrected chi connectivity index (χ2v) is 5.88. The number of hydrogen-bond donors (Lipinski definition) is 1. The van der Waals surface area contributed by atoms with Crippen molar-refractivity contribution in [1.82, 2.24) is 9.88 Å². The van der Waals surface area contributed by atoms with Crippen LogP contribution >= 0.6 is 0 Å². The highest BCUT2D eigenvalue weighted by Gasteiger charge is 2.28. The lowest BCUT2D eigenvalue weighted by Gasteiger charge is -2.30. The van der Waals surface area contributed by atoms with Crippen LogP contribution in [0.4, 0.5) is 4.39 Å². The Kier molecular flexibility index (Phi) is 3.98. The summed E-state index contributed by atoms with van der Waals surface area (Å²) in [5, 5.41) is 9.65. The van der Waals surface area contributed by atoms with Gasteiger partial charge in [-0.2, -0.15) is 0 Å². The lowest BCUT2D eigenvalue weighted by Crippen LogP contribution is -2.40. The molecule has 3 rings (SSSR count). The van der Waals surface area contributed by atoms with Gasteiger partial charge in [-0.3, -0.25) is 14.6 Å². The van der Waals surface area contributed by atoms with Gasteiger partial charge in [0.15, 0.2) is 0 Å². The van der Waals surface area contributed by atoms with Gasteiger partial charge in [-0.15, -0.1) is 0 Å². The van der Waals surface area contributed by atoms with Crippen LogP contribution in [0.2, 0.25) is 0 Å². The molecule has 1 amide bonds. The number of nitrogens with zero attached hydrogens (tertiary/aromatic N) is 2. The first-order chi connectivity index (χ1) is 11.0. The topological polar surface area (TPSA) is 70.5 Å². The van der Waals surface area contributed by atoms with E-state index in [1.165, 1.54) is 12.1 Å². The Hall–Kier alpha value is -2.50. The highest BCUT2D eigenvalue weighted by molar-refractivity contribution is 6.06. The molecule has 0 aliphatic carbocycles. The van der Waals surface area contributed by atoms with Crippen LogP contribution in [0.5, 0.6) is 0 Å². The monoisotopic (exact) mass is 316 g/mol. The van der Waals surface area contributed by atoms with E-state index in [1.54, 1.807) is 24.0 Å². The van der Waals surface area contributed by atoms with E-state index in [4.69, 9.17) is 5.11 Å². The number of carboxylic acid groups (broad SMARTS) is 1. The van der Waals surface area contributed by atoms with Crippen LogP contribution in [0, 0.1) is 18.7 Å². The number of halogens is 1. The molecule has 1 fully saturated rings. The molecule has 120 valence electrons. The van der Waals surface area contributed by atoms with Crippen LogP contribution in [0.25, 0.3) is 10.9 Å². The third kappa shape index (κ3) is 3.02. The summed E-state index contributed by atoms with van der Waals surface area (Å²) in [5.41, 5.74) is 1.59. The predicted octanol–water partition coefficient (Wildman–Crippen LogP) is 2.62. The van der Waals surface area contributed by atoms with Crippen molar-refractivity contribution in [3.63, 3.8) is 0 Å². The lowest BCUT2D eigenvalue weighted by molar-refractivity contribution is -0.143. The highest BCUT2D eigenvalue weighted by atomic mass is 19.1. The molecule has 1 aliphatic rings. The third-order valence-corrected chi connectivity index (χ3v) is 4.26. The minimum Gasteiger partial charge on any atom is -0.481 e. The van der Waals surface area contributed by atoms with Gasteiger partial charge in [0.1, 0.15) is 5.82 Å². The standard InChI is InChI=1S/C17H17FN2O3/c1-10-8-14(13-3-2-12(18)9-15(13)19-10)16(21)20-6-4-11(5-7-20)17(22)23/h2-3,8-9,11H,4-7H2,1H3,(H,22,23). The van der Waals surface area contributed by atoms with Crippen LogP contribution < -0.4 is 0 Å². The number of carbonyl (C=O) groups excluding carboxylic acids is 1. The number of rotatable bonds is 2. The Labute approximate surface area is 132 Å². The van der Waals surface area contributed by atoms with E-state index in [1.807, 2.05) is 0 Å². The van der Waals surface area contributed by atoms with Crippen LogP contribution in [0.15, 0.2) is 24.3 Å². The number of piperidine rings is 1. The van der Waals surface area contributed by atoms with Gasteiger partial charge in [0, 0.05) is 30.2 Å². The van der Waals surface area contributed by atoms with Gasteiger partial charge in [0.05, 0.1) is 17.0 Å². The van der Waals surface area contributed by atoms with Crippen molar-refractivity contribution in [3.05, 3.63) is 41.3 Å². The van der Waals surface area contributed by atoms with E-state index < -0.39 is 11.8 Å². The Morgan fingerprint density at radius 1 is 1.26 bits per heavy atom. The minimum absolute atomic E-state index is 0.157. The molecule has 0 spiro atoms. The average molecular weight is 316 g/mol. The molecule has 1 aliphatic heterocycles. The molecule has 1 N–H and O–H groups in total. The molecule has 0 unspecified atom stereocenters. The maximum absolute atomic E-state index is 13.4. The highest BCUT2D eigenvalue weighted by Crippen LogP contribution is 2.24. The molecule has 5 nitrogen and oxygen atoms in total. The van der Waals surface area contributed by atoms with Crippen molar-refractivity contribution in [2.75, 3.05) is 13.1 Å². The molecule has 2 aromatic rings. The second kappa shape index (κ2) is 5.95. The number of hydrogen-bond acceptors (Lipinski definition) is 3. The molecule has 1 aromatic heterocycles. The molecule has 23 heavy (non-hydrogen) atoms. The molecule has 1 saturated heterocycles. The zero-order valence-corrected chi connectivity index (χ0v) is 12.8. The van der Waals surface area contributed by atoms with Crippen molar-refractivity contribution >= 4 is 22.8 Å². The van der Waals surface area contributed by atoms with E-state index in [0.29, 0.717) is 48.1 Å². The molecular formula is C17H17FN2O3. The summed E-state index contributed by atoms with van der Waals surface area (Å²) in [5.74, 6) is -1.74. The molecule has 6 heteroatoms. The maximum atomic E-state index is 13.4. The van der Waals surface area contributed by atoms with Gasteiger partial charge < -0.3 is 10.0 Å². The summed E-state index contributed by atoms with van der Waals surface area (Å²) >= 11 is 0. The number of amides is 1. The van der Waals surface area contributed by atoms with E-state index in [9.17, 15) is 14.0 Å². The van der Waals surface area contributed by atoms with Crippen molar-refractivity contribution in [2.45, 2.75) is 19.8 Å². The second-order valence-electron chi connectivity index (χ2n) is 5.88. The quantitative estimate of drug-likeness (QED) is 0.924. The summed E-state index contributed by atoms with van der Waals surface area (Å²) in [6, 6.07) is 5.89. The van der Waals surface area contributed by atoms with Crippen molar-refractivity contribution in [2.24, 2.45) is 5.92 Å². The van der Waals surface area contributed by atoms with Crippen molar-refractivity contribution < 1.29 is 19.1 Å². The summed E-state index contributed by atoms with van der Waals surface area (Å²) in [6.45, 7) is 2.59. The van der Waals surface area contributed by atoms with Crippen LogP contribution in [-0.2, 0) is 4.79 Å². The number of aromatic nitrogens is 1. The first-order valence-electron chi connectivity index (χ1n) is 7.54. The smallest absolute Gasteiger partial charge is 0.306 e. The SMILES string of the molecule is Cc1cc(C(=O)N2CCC(C(=O)O)CC2)c2ccc(F)cc2n1. The summed E-state index contributed by atoms with van der Waals surface area (Å²) in [4.78, 5) is 29.7. The fourth-order valence-electron chi connectivity index (χ4n) is 3.01. The number of pyridine rings is 1. The number of aryl methyl sites for hydroxylation is 1. The van der Waals surface area contributed by atoms with E-state index in [0.717, 1.165) is 0 Å². The van der Waals surface area contributed by atoms with Gasteiger partial charge in [0.25, 0.3) is 5.91 Å². The maximum Gasteiger partial charge on any atom is 0.306 e. The molecule has 0 atom stereocenters.